The number of nitrogens with zero attached hydrogens (tertiary/aromatic N) is 1. The van der Waals surface area contributed by atoms with Gasteiger partial charge in [0.1, 0.15) is 0 Å². The molecule has 2 aromatic rings. The summed E-state index contributed by atoms with van der Waals surface area (Å²) in [5.74, 6) is 1.40. The average Bonchev–Trinajstić information content (AvgIpc) is 3.14. The van der Waals surface area contributed by atoms with Crippen LogP contribution in [0, 0.1) is 0 Å². The van der Waals surface area contributed by atoms with Crippen LogP contribution in [0.5, 0.6) is 11.5 Å². The van der Waals surface area contributed by atoms with Gasteiger partial charge < -0.3 is 25.0 Å². The van der Waals surface area contributed by atoms with E-state index in [0.29, 0.717) is 17.2 Å². The number of rotatable bonds is 6. The van der Waals surface area contributed by atoms with E-state index in [9.17, 15) is 18.0 Å². The standard InChI is InChI=1S/C25H30F3N3O3S/c1-31-12-11-24(16-7-8-20(33-2)21(13-16)34-3)10-9-18(15-22(24)31)30-23(32)29-17-5-4-6-19(14-17)35-25(26,27)28/h4-8,13-14,18,22H,9-12,15H2,1-3H3,(H2,29,30,32)/t18-,22+,24+/m1/s1. The molecule has 1 saturated carbocycles. The second kappa shape index (κ2) is 10.2. The van der Waals surface area contributed by atoms with E-state index in [0.717, 1.165) is 32.2 Å². The third-order valence-corrected chi connectivity index (χ3v) is 7.87. The summed E-state index contributed by atoms with van der Waals surface area (Å²) in [5, 5.41) is 5.71. The number of alkyl halides is 3. The molecule has 0 aromatic heterocycles. The monoisotopic (exact) mass is 509 g/mol. The summed E-state index contributed by atoms with van der Waals surface area (Å²) >= 11 is -0.203. The molecule has 2 fully saturated rings. The highest BCUT2D eigenvalue weighted by Crippen LogP contribution is 2.50. The molecule has 2 aromatic carbocycles. The van der Waals surface area contributed by atoms with Gasteiger partial charge in [-0.25, -0.2) is 4.79 Å². The van der Waals surface area contributed by atoms with Crippen molar-refractivity contribution in [1.82, 2.24) is 10.2 Å². The van der Waals surface area contributed by atoms with E-state index in [2.05, 4.69) is 34.7 Å². The summed E-state index contributed by atoms with van der Waals surface area (Å²) in [4.78, 5) is 15.0. The first-order chi connectivity index (χ1) is 16.6. The van der Waals surface area contributed by atoms with Gasteiger partial charge in [0.25, 0.3) is 0 Å². The molecule has 35 heavy (non-hydrogen) atoms. The Bertz CT molecular complexity index is 1070. The van der Waals surface area contributed by atoms with Crippen molar-refractivity contribution in [3.8, 4) is 11.5 Å². The molecule has 1 saturated heterocycles. The molecule has 0 bridgehead atoms. The number of thioether (sulfide) groups is 1. The molecule has 1 aliphatic carbocycles. The Morgan fingerprint density at radius 2 is 1.89 bits per heavy atom. The summed E-state index contributed by atoms with van der Waals surface area (Å²) in [6.45, 7) is 0.960. The van der Waals surface area contributed by atoms with Crippen LogP contribution >= 0.6 is 11.8 Å². The van der Waals surface area contributed by atoms with Gasteiger partial charge in [-0.2, -0.15) is 13.2 Å². The van der Waals surface area contributed by atoms with Crippen molar-refractivity contribution in [2.45, 2.75) is 53.6 Å². The van der Waals surface area contributed by atoms with Crippen molar-refractivity contribution < 1.29 is 27.4 Å². The second-order valence-corrected chi connectivity index (χ2v) is 10.3. The number of carbonyl (C=O) groups is 1. The third-order valence-electron chi connectivity index (χ3n) is 7.15. The predicted molar refractivity (Wildman–Crippen MR) is 130 cm³/mol. The number of urea groups is 1. The molecule has 190 valence electrons. The van der Waals surface area contributed by atoms with Gasteiger partial charge in [0.2, 0.25) is 0 Å². The maximum Gasteiger partial charge on any atom is 0.446 e. The number of nitrogens with one attached hydrogen (secondary N) is 2. The zero-order chi connectivity index (χ0) is 25.2. The number of amides is 2. The second-order valence-electron chi connectivity index (χ2n) is 9.12. The Labute approximate surface area is 207 Å². The smallest absolute Gasteiger partial charge is 0.446 e. The maximum atomic E-state index is 12.7. The van der Waals surface area contributed by atoms with Crippen LogP contribution in [-0.2, 0) is 5.41 Å². The van der Waals surface area contributed by atoms with Crippen LogP contribution in [0.25, 0.3) is 0 Å². The fourth-order valence-electron chi connectivity index (χ4n) is 5.52. The van der Waals surface area contributed by atoms with E-state index in [1.165, 1.54) is 23.8 Å². The largest absolute Gasteiger partial charge is 0.493 e. The molecule has 2 N–H and O–H groups in total. The predicted octanol–water partition coefficient (Wildman–Crippen LogP) is 5.63. The van der Waals surface area contributed by atoms with E-state index in [-0.39, 0.29) is 34.2 Å². The fourth-order valence-corrected chi connectivity index (χ4v) is 6.12. The molecule has 2 aliphatic rings. The molecule has 0 radical (unpaired) electrons. The van der Waals surface area contributed by atoms with Crippen molar-refractivity contribution in [3.05, 3.63) is 48.0 Å². The van der Waals surface area contributed by atoms with E-state index < -0.39 is 11.5 Å². The Morgan fingerprint density at radius 3 is 2.60 bits per heavy atom. The number of hydrogen-bond donors (Lipinski definition) is 2. The first-order valence-corrected chi connectivity index (χ1v) is 12.3. The van der Waals surface area contributed by atoms with Gasteiger partial charge in [0, 0.05) is 28.1 Å². The van der Waals surface area contributed by atoms with Gasteiger partial charge in [-0.3, -0.25) is 0 Å². The van der Waals surface area contributed by atoms with Crippen molar-refractivity contribution in [3.63, 3.8) is 0 Å². The molecule has 10 heteroatoms. The van der Waals surface area contributed by atoms with Gasteiger partial charge in [-0.05, 0) is 86.9 Å². The molecule has 1 aliphatic heterocycles. The van der Waals surface area contributed by atoms with Crippen molar-refractivity contribution in [1.29, 1.82) is 0 Å². The lowest BCUT2D eigenvalue weighted by Gasteiger charge is -2.45. The first-order valence-electron chi connectivity index (χ1n) is 11.5. The summed E-state index contributed by atoms with van der Waals surface area (Å²) in [6, 6.07) is 11.7. The molecule has 4 rings (SSSR count). The topological polar surface area (TPSA) is 62.8 Å². The number of likely N-dealkylation sites (tertiary alicyclic amines) is 1. The Morgan fingerprint density at radius 1 is 1.11 bits per heavy atom. The number of fused-ring (bicyclic) bond motifs is 1. The highest BCUT2D eigenvalue weighted by atomic mass is 32.2. The number of methoxy groups -OCH3 is 2. The molecule has 0 spiro atoms. The van der Waals surface area contributed by atoms with Gasteiger partial charge in [0.05, 0.1) is 14.2 Å². The summed E-state index contributed by atoms with van der Waals surface area (Å²) < 4.78 is 48.9. The van der Waals surface area contributed by atoms with Crippen LogP contribution < -0.4 is 20.1 Å². The zero-order valence-corrected chi connectivity index (χ0v) is 20.8. The van der Waals surface area contributed by atoms with E-state index in [1.54, 1.807) is 20.3 Å². The molecule has 2 amide bonds. The molecule has 3 atom stereocenters. The normalized spacial score (nSPS) is 24.5. The molecule has 0 unspecified atom stereocenters. The summed E-state index contributed by atoms with van der Waals surface area (Å²) in [7, 11) is 5.36. The van der Waals surface area contributed by atoms with Crippen LogP contribution in [0.15, 0.2) is 47.4 Å². The first kappa shape index (κ1) is 25.5. The lowest BCUT2D eigenvalue weighted by molar-refractivity contribution is -0.0328. The third kappa shape index (κ3) is 5.64. The zero-order valence-electron chi connectivity index (χ0n) is 19.9. The van der Waals surface area contributed by atoms with Crippen LogP contribution in [0.3, 0.4) is 0 Å². The van der Waals surface area contributed by atoms with E-state index >= 15 is 0 Å². The maximum absolute atomic E-state index is 12.7. The van der Waals surface area contributed by atoms with Crippen molar-refractivity contribution in [2.24, 2.45) is 0 Å². The van der Waals surface area contributed by atoms with Gasteiger partial charge in [-0.15, -0.1) is 0 Å². The number of halogens is 3. The summed E-state index contributed by atoms with van der Waals surface area (Å²) in [5.41, 5.74) is -2.88. The number of anilines is 1. The lowest BCUT2D eigenvalue weighted by atomic mass is 9.65. The molecule has 1 heterocycles. The molecular formula is C25H30F3N3O3S. The molecule has 6 nitrogen and oxygen atoms in total. The number of benzene rings is 2. The van der Waals surface area contributed by atoms with Crippen LogP contribution in [0.4, 0.5) is 23.7 Å². The average molecular weight is 510 g/mol. The minimum absolute atomic E-state index is 0.0280. The van der Waals surface area contributed by atoms with E-state index in [4.69, 9.17) is 9.47 Å². The van der Waals surface area contributed by atoms with Crippen LogP contribution in [-0.4, -0.2) is 56.3 Å². The number of carbonyl (C=O) groups excluding carboxylic acids is 1. The quantitative estimate of drug-likeness (QED) is 0.494. The number of likely N-dealkylation sites (N-methyl/N-ethyl adjacent to an activating group) is 1. The van der Waals surface area contributed by atoms with Crippen molar-refractivity contribution in [2.75, 3.05) is 33.1 Å². The highest BCUT2D eigenvalue weighted by molar-refractivity contribution is 8.00. The Balaban J connectivity index is 1.43. The highest BCUT2D eigenvalue weighted by Gasteiger charge is 2.50. The van der Waals surface area contributed by atoms with Crippen molar-refractivity contribution >= 4 is 23.5 Å². The van der Waals surface area contributed by atoms with Gasteiger partial charge in [0.15, 0.2) is 11.5 Å². The van der Waals surface area contributed by atoms with E-state index in [1.807, 2.05) is 6.07 Å². The lowest BCUT2D eigenvalue weighted by Crippen LogP contribution is -2.52. The number of hydrogen-bond acceptors (Lipinski definition) is 5. The Kier molecular flexibility index (Phi) is 7.42. The van der Waals surface area contributed by atoms with Gasteiger partial charge in [-0.1, -0.05) is 12.1 Å². The van der Waals surface area contributed by atoms with Gasteiger partial charge >= 0.3 is 11.5 Å². The minimum atomic E-state index is -4.38. The van der Waals surface area contributed by atoms with Crippen LogP contribution in [0.1, 0.15) is 31.2 Å². The SMILES string of the molecule is COc1ccc([C@@]23CC[C@@H](NC(=O)Nc4cccc(SC(F)(F)F)c4)C[C@@H]2N(C)CC3)cc1OC. The minimum Gasteiger partial charge on any atom is -0.493 e. The fraction of sp³-hybridized carbons (Fsp3) is 0.480. The summed E-state index contributed by atoms with van der Waals surface area (Å²) in [6.07, 6.45) is 3.50. The molecular weight excluding hydrogens is 479 g/mol. The number of ether oxygens (including phenoxy) is 2. The van der Waals surface area contributed by atoms with Crippen LogP contribution in [0.2, 0.25) is 0 Å². The Hall–Kier alpha value is -2.59.